The number of urea groups is 1. The van der Waals surface area contributed by atoms with E-state index in [1.165, 1.54) is 18.0 Å². The fourth-order valence-electron chi connectivity index (χ4n) is 1.48. The predicted molar refractivity (Wildman–Crippen MR) is 53.6 cm³/mol. The van der Waals surface area contributed by atoms with Gasteiger partial charge in [-0.2, -0.15) is 0 Å². The molecule has 0 unspecified atom stereocenters. The highest BCUT2D eigenvalue weighted by atomic mass is 16.3. The van der Waals surface area contributed by atoms with Gasteiger partial charge in [0, 0.05) is 7.05 Å². The number of amides is 3. The Labute approximate surface area is 86.5 Å². The third-order valence-electron chi connectivity index (χ3n) is 2.36. The first-order valence-corrected chi connectivity index (χ1v) is 4.47. The number of phenolic OH excluding ortho intramolecular Hbond substituents is 1. The molecule has 15 heavy (non-hydrogen) atoms. The maximum absolute atomic E-state index is 11.6. The van der Waals surface area contributed by atoms with E-state index in [1.807, 2.05) is 0 Å². The van der Waals surface area contributed by atoms with Crippen LogP contribution in [0.2, 0.25) is 0 Å². The highest BCUT2D eigenvalue weighted by Gasteiger charge is 2.34. The largest absolute Gasteiger partial charge is 0.506 e. The van der Waals surface area contributed by atoms with E-state index in [0.29, 0.717) is 5.69 Å². The summed E-state index contributed by atoms with van der Waals surface area (Å²) < 4.78 is 0. The van der Waals surface area contributed by atoms with Crippen LogP contribution >= 0.6 is 0 Å². The molecule has 2 rings (SSSR count). The first-order valence-electron chi connectivity index (χ1n) is 4.47. The van der Waals surface area contributed by atoms with Crippen molar-refractivity contribution < 1.29 is 14.7 Å². The van der Waals surface area contributed by atoms with Crippen molar-refractivity contribution in [3.63, 3.8) is 0 Å². The number of carbonyl (C=O) groups is 2. The van der Waals surface area contributed by atoms with Crippen LogP contribution < -0.4 is 4.90 Å². The molecule has 0 atom stereocenters. The molecule has 1 aliphatic rings. The van der Waals surface area contributed by atoms with E-state index in [0.717, 1.165) is 4.90 Å². The van der Waals surface area contributed by atoms with Gasteiger partial charge in [0.1, 0.15) is 12.3 Å². The molecular weight excluding hydrogens is 196 g/mol. The second-order valence-corrected chi connectivity index (χ2v) is 3.31. The normalized spacial score (nSPS) is 16.3. The molecule has 1 aromatic carbocycles. The molecule has 1 N–H and O–H groups in total. The van der Waals surface area contributed by atoms with Crippen molar-refractivity contribution in [3.05, 3.63) is 24.3 Å². The number of aromatic hydroxyl groups is 1. The van der Waals surface area contributed by atoms with Crippen LogP contribution in [0, 0.1) is 0 Å². The van der Waals surface area contributed by atoms with Gasteiger partial charge in [-0.25, -0.2) is 4.79 Å². The molecule has 5 nitrogen and oxygen atoms in total. The minimum atomic E-state index is -0.415. The smallest absolute Gasteiger partial charge is 0.331 e. The quantitative estimate of drug-likeness (QED) is 0.691. The predicted octanol–water partition coefficient (Wildman–Crippen LogP) is 0.791. The van der Waals surface area contributed by atoms with E-state index in [9.17, 15) is 14.7 Å². The molecule has 0 spiro atoms. The zero-order valence-electron chi connectivity index (χ0n) is 8.17. The Bertz CT molecular complexity index is 430. The van der Waals surface area contributed by atoms with Gasteiger partial charge in [-0.3, -0.25) is 14.6 Å². The lowest BCUT2D eigenvalue weighted by Gasteiger charge is -2.15. The van der Waals surface area contributed by atoms with Crippen LogP contribution in [0.15, 0.2) is 24.3 Å². The minimum Gasteiger partial charge on any atom is -0.506 e. The number of hydrogen-bond donors (Lipinski definition) is 1. The van der Waals surface area contributed by atoms with Crippen molar-refractivity contribution in [3.8, 4) is 5.75 Å². The monoisotopic (exact) mass is 206 g/mol. The Morgan fingerprint density at radius 1 is 1.27 bits per heavy atom. The first kappa shape index (κ1) is 9.51. The number of hydrogen-bond acceptors (Lipinski definition) is 3. The van der Waals surface area contributed by atoms with Crippen LogP contribution in [0.5, 0.6) is 5.75 Å². The van der Waals surface area contributed by atoms with E-state index in [-0.39, 0.29) is 18.2 Å². The Morgan fingerprint density at radius 2 is 1.93 bits per heavy atom. The summed E-state index contributed by atoms with van der Waals surface area (Å²) in [6.45, 7) is -0.0209. The Kier molecular flexibility index (Phi) is 2.07. The zero-order chi connectivity index (χ0) is 11.0. The number of benzene rings is 1. The molecule has 1 heterocycles. The highest BCUT2D eigenvalue weighted by molar-refractivity contribution is 6.12. The fraction of sp³-hybridized carbons (Fsp3) is 0.200. The molecule has 1 aromatic rings. The molecule has 3 amide bonds. The van der Waals surface area contributed by atoms with Crippen LogP contribution in [-0.4, -0.2) is 35.5 Å². The number of phenols is 1. The lowest BCUT2D eigenvalue weighted by atomic mass is 10.3. The van der Waals surface area contributed by atoms with E-state index in [1.54, 1.807) is 18.2 Å². The summed E-state index contributed by atoms with van der Waals surface area (Å²) >= 11 is 0. The molecule has 78 valence electrons. The van der Waals surface area contributed by atoms with Gasteiger partial charge in [-0.15, -0.1) is 0 Å². The molecule has 5 heteroatoms. The van der Waals surface area contributed by atoms with Crippen LogP contribution in [-0.2, 0) is 4.79 Å². The standard InChI is InChI=1S/C10H10N2O3/c1-11-9(14)6-12(10(11)15)7-4-2-3-5-8(7)13/h2-5,13H,6H2,1H3. The third-order valence-corrected chi connectivity index (χ3v) is 2.36. The SMILES string of the molecule is CN1C(=O)CN(c2ccccc2O)C1=O. The minimum absolute atomic E-state index is 0.00560. The van der Waals surface area contributed by atoms with Gasteiger partial charge >= 0.3 is 6.03 Å². The van der Waals surface area contributed by atoms with Crippen LogP contribution in [0.3, 0.4) is 0 Å². The summed E-state index contributed by atoms with van der Waals surface area (Å²) in [7, 11) is 1.42. The molecule has 0 aromatic heterocycles. The lowest BCUT2D eigenvalue weighted by Crippen LogP contribution is -2.29. The van der Waals surface area contributed by atoms with Gasteiger partial charge in [-0.05, 0) is 12.1 Å². The topological polar surface area (TPSA) is 60.9 Å². The summed E-state index contributed by atoms with van der Waals surface area (Å²) in [4.78, 5) is 25.1. The summed E-state index contributed by atoms with van der Waals surface area (Å²) in [6, 6.07) is 6.02. The summed E-state index contributed by atoms with van der Waals surface area (Å²) in [5.41, 5.74) is 0.361. The van der Waals surface area contributed by atoms with Crippen LogP contribution in [0.25, 0.3) is 0 Å². The van der Waals surface area contributed by atoms with Gasteiger partial charge in [0.05, 0.1) is 5.69 Å². The van der Waals surface area contributed by atoms with Gasteiger partial charge in [0.15, 0.2) is 0 Å². The Morgan fingerprint density at radius 3 is 2.47 bits per heavy atom. The van der Waals surface area contributed by atoms with E-state index < -0.39 is 6.03 Å². The van der Waals surface area contributed by atoms with Crippen molar-refractivity contribution in [2.24, 2.45) is 0 Å². The summed E-state index contributed by atoms with van der Waals surface area (Å²) in [6.07, 6.45) is 0. The van der Waals surface area contributed by atoms with Crippen molar-refractivity contribution >= 4 is 17.6 Å². The van der Waals surface area contributed by atoms with Crippen LogP contribution in [0.4, 0.5) is 10.5 Å². The van der Waals surface area contributed by atoms with Crippen LogP contribution in [0.1, 0.15) is 0 Å². The molecular formula is C10H10N2O3. The van der Waals surface area contributed by atoms with Gasteiger partial charge < -0.3 is 5.11 Å². The summed E-state index contributed by atoms with van der Waals surface area (Å²) in [5.74, 6) is -0.280. The number of rotatable bonds is 1. The van der Waals surface area contributed by atoms with Crippen molar-refractivity contribution in [1.82, 2.24) is 4.90 Å². The maximum Gasteiger partial charge on any atom is 0.331 e. The van der Waals surface area contributed by atoms with Gasteiger partial charge in [0.25, 0.3) is 0 Å². The number of anilines is 1. The van der Waals surface area contributed by atoms with Crippen molar-refractivity contribution in [2.45, 2.75) is 0 Å². The molecule has 0 radical (unpaired) electrons. The lowest BCUT2D eigenvalue weighted by molar-refractivity contribution is -0.123. The molecule has 0 aliphatic carbocycles. The first-order chi connectivity index (χ1) is 7.11. The average Bonchev–Trinajstić information content (AvgIpc) is 2.47. The molecule has 1 aliphatic heterocycles. The number of likely N-dealkylation sites (N-methyl/N-ethyl adjacent to an activating group) is 1. The maximum atomic E-state index is 11.6. The average molecular weight is 206 g/mol. The Balaban J connectivity index is 2.38. The molecule has 1 fully saturated rings. The molecule has 0 saturated carbocycles. The number of imide groups is 1. The zero-order valence-corrected chi connectivity index (χ0v) is 8.17. The molecule has 0 bridgehead atoms. The number of carbonyl (C=O) groups excluding carboxylic acids is 2. The number of nitrogens with zero attached hydrogens (tertiary/aromatic N) is 2. The second-order valence-electron chi connectivity index (χ2n) is 3.31. The van der Waals surface area contributed by atoms with E-state index in [4.69, 9.17) is 0 Å². The van der Waals surface area contributed by atoms with E-state index >= 15 is 0 Å². The van der Waals surface area contributed by atoms with E-state index in [2.05, 4.69) is 0 Å². The third kappa shape index (κ3) is 1.41. The summed E-state index contributed by atoms with van der Waals surface area (Å²) in [5, 5.41) is 9.54. The van der Waals surface area contributed by atoms with Crippen molar-refractivity contribution in [2.75, 3.05) is 18.5 Å². The van der Waals surface area contributed by atoms with Crippen molar-refractivity contribution in [1.29, 1.82) is 0 Å². The van der Waals surface area contributed by atoms with Gasteiger partial charge in [-0.1, -0.05) is 12.1 Å². The van der Waals surface area contributed by atoms with Gasteiger partial charge in [0.2, 0.25) is 5.91 Å². The Hall–Kier alpha value is -2.04. The number of para-hydroxylation sites is 2. The fourth-order valence-corrected chi connectivity index (χ4v) is 1.48. The second kappa shape index (κ2) is 3.27. The molecule has 1 saturated heterocycles. The highest BCUT2D eigenvalue weighted by Crippen LogP contribution is 2.29.